The Hall–Kier alpha value is -2.91. The molecule has 7 nitrogen and oxygen atoms in total. The molecule has 0 saturated carbocycles. The second-order valence-electron chi connectivity index (χ2n) is 6.39. The van der Waals surface area contributed by atoms with E-state index in [1.807, 2.05) is 55.5 Å². The normalized spacial score (nSPS) is 10.5. The fraction of sp³-hybridized carbons (Fsp3) is 0.238. The number of anilines is 1. The molecule has 2 N–H and O–H groups in total. The Bertz CT molecular complexity index is 1010. The van der Waals surface area contributed by atoms with Crippen LogP contribution in [0.4, 0.5) is 5.69 Å². The van der Waals surface area contributed by atoms with Crippen molar-refractivity contribution in [1.82, 2.24) is 15.5 Å². The first-order valence-electron chi connectivity index (χ1n) is 9.22. The summed E-state index contributed by atoms with van der Waals surface area (Å²) in [7, 11) is 1.62. The molecule has 3 aromatic rings. The van der Waals surface area contributed by atoms with Crippen LogP contribution in [-0.2, 0) is 17.1 Å². The molecule has 0 aliphatic heterocycles. The first kappa shape index (κ1) is 21.8. The third kappa shape index (κ3) is 6.30. The van der Waals surface area contributed by atoms with Gasteiger partial charge in [-0.05, 0) is 36.2 Å². The summed E-state index contributed by atoms with van der Waals surface area (Å²) in [5.41, 5.74) is 2.73. The molecule has 0 radical (unpaired) electrons. The van der Waals surface area contributed by atoms with Gasteiger partial charge in [0.1, 0.15) is 10.8 Å². The lowest BCUT2D eigenvalue weighted by atomic mass is 10.2. The van der Waals surface area contributed by atoms with Gasteiger partial charge in [0.05, 0.1) is 12.9 Å². The minimum Gasteiger partial charge on any atom is -0.497 e. The number of aromatic nitrogens is 2. The van der Waals surface area contributed by atoms with Crippen LogP contribution in [0.25, 0.3) is 0 Å². The number of nitrogens with one attached hydrogen (secondary N) is 2. The molecule has 3 rings (SSSR count). The highest BCUT2D eigenvalue weighted by atomic mass is 32.2. The highest BCUT2D eigenvalue weighted by Gasteiger charge is 2.14. The van der Waals surface area contributed by atoms with E-state index < -0.39 is 0 Å². The number of ether oxygens (including phenoxy) is 1. The van der Waals surface area contributed by atoms with E-state index in [0.29, 0.717) is 28.1 Å². The van der Waals surface area contributed by atoms with Crippen molar-refractivity contribution in [2.75, 3.05) is 18.2 Å². The van der Waals surface area contributed by atoms with Gasteiger partial charge in [0.15, 0.2) is 0 Å². The molecule has 0 aliphatic rings. The molecule has 2 aromatic carbocycles. The quantitative estimate of drug-likeness (QED) is 0.525. The van der Waals surface area contributed by atoms with Crippen LogP contribution in [-0.4, -0.2) is 34.9 Å². The summed E-state index contributed by atoms with van der Waals surface area (Å²) in [6.45, 7) is 2.39. The van der Waals surface area contributed by atoms with E-state index in [0.717, 1.165) is 22.6 Å². The maximum absolute atomic E-state index is 12.3. The first-order chi connectivity index (χ1) is 14.5. The lowest BCUT2D eigenvalue weighted by molar-refractivity contribution is -0.118. The van der Waals surface area contributed by atoms with E-state index in [2.05, 4.69) is 20.8 Å². The fourth-order valence-electron chi connectivity index (χ4n) is 2.52. The average Bonchev–Trinajstić information content (AvgIpc) is 3.23. The zero-order valence-corrected chi connectivity index (χ0v) is 18.3. The number of amides is 2. The van der Waals surface area contributed by atoms with Crippen LogP contribution < -0.4 is 15.4 Å². The second-order valence-corrected chi connectivity index (χ2v) is 8.44. The van der Waals surface area contributed by atoms with Gasteiger partial charge in [0.2, 0.25) is 10.9 Å². The van der Waals surface area contributed by atoms with Crippen molar-refractivity contribution >= 4 is 40.6 Å². The Morgan fingerprint density at radius 3 is 2.60 bits per heavy atom. The van der Waals surface area contributed by atoms with E-state index in [1.165, 1.54) is 23.1 Å². The molecule has 0 atom stereocenters. The molecular weight excluding hydrogens is 420 g/mol. The molecule has 0 unspecified atom stereocenters. The minimum absolute atomic E-state index is 0.0575. The number of hydrogen-bond acceptors (Lipinski definition) is 7. The molecule has 30 heavy (non-hydrogen) atoms. The van der Waals surface area contributed by atoms with Gasteiger partial charge >= 0.3 is 0 Å². The number of aryl methyl sites for hydroxylation is 1. The molecule has 1 aromatic heterocycles. The summed E-state index contributed by atoms with van der Waals surface area (Å²) in [5, 5.41) is 14.7. The Morgan fingerprint density at radius 2 is 1.87 bits per heavy atom. The summed E-state index contributed by atoms with van der Waals surface area (Å²) in [6.07, 6.45) is 0. The number of thioether (sulfide) groups is 1. The number of hydrogen-bond donors (Lipinski definition) is 2. The van der Waals surface area contributed by atoms with Crippen molar-refractivity contribution in [2.45, 2.75) is 19.2 Å². The number of benzene rings is 2. The van der Waals surface area contributed by atoms with Gasteiger partial charge in [-0.3, -0.25) is 9.59 Å². The molecular formula is C21H22N4O3S2. The minimum atomic E-state index is -0.282. The van der Waals surface area contributed by atoms with Gasteiger partial charge in [-0.15, -0.1) is 22.0 Å². The third-order valence-corrected chi connectivity index (χ3v) is 6.21. The smallest absolute Gasteiger partial charge is 0.286 e. The SMILES string of the molecule is COc1ccc(CNC(=O)CSCc2nnc(C(=O)Nc3ccccc3C)s2)cc1. The summed E-state index contributed by atoms with van der Waals surface area (Å²) in [5.74, 6) is 1.27. The molecule has 0 bridgehead atoms. The molecule has 9 heteroatoms. The summed E-state index contributed by atoms with van der Waals surface area (Å²) >= 11 is 2.66. The van der Waals surface area contributed by atoms with E-state index in [4.69, 9.17) is 4.74 Å². The van der Waals surface area contributed by atoms with Crippen LogP contribution in [0.15, 0.2) is 48.5 Å². The van der Waals surface area contributed by atoms with Crippen molar-refractivity contribution in [2.24, 2.45) is 0 Å². The van der Waals surface area contributed by atoms with E-state index in [-0.39, 0.29) is 11.8 Å². The lowest BCUT2D eigenvalue weighted by Crippen LogP contribution is -2.24. The standard InChI is InChI=1S/C21H22N4O3S2/c1-14-5-3-4-6-17(14)23-20(27)21-25-24-19(30-21)13-29-12-18(26)22-11-15-7-9-16(28-2)10-8-15/h3-10H,11-13H2,1-2H3,(H,22,26)(H,23,27). The zero-order chi connectivity index (χ0) is 21.3. The number of para-hydroxylation sites is 1. The lowest BCUT2D eigenvalue weighted by Gasteiger charge is -2.06. The molecule has 156 valence electrons. The van der Waals surface area contributed by atoms with Crippen LogP contribution in [0, 0.1) is 6.92 Å². The van der Waals surface area contributed by atoms with Gasteiger partial charge < -0.3 is 15.4 Å². The molecule has 0 fully saturated rings. The predicted octanol–water partition coefficient (Wildman–Crippen LogP) is 3.66. The summed E-state index contributed by atoms with van der Waals surface area (Å²) in [6, 6.07) is 15.1. The number of carbonyl (C=O) groups is 2. The number of nitrogens with zero attached hydrogens (tertiary/aromatic N) is 2. The highest BCUT2D eigenvalue weighted by molar-refractivity contribution is 7.99. The summed E-state index contributed by atoms with van der Waals surface area (Å²) in [4.78, 5) is 24.4. The van der Waals surface area contributed by atoms with Gasteiger partial charge in [0, 0.05) is 18.0 Å². The second kappa shape index (κ2) is 10.7. The Balaban J connectivity index is 1.41. The summed E-state index contributed by atoms with van der Waals surface area (Å²) < 4.78 is 5.12. The van der Waals surface area contributed by atoms with Crippen LogP contribution >= 0.6 is 23.1 Å². The van der Waals surface area contributed by atoms with Crippen LogP contribution in [0.3, 0.4) is 0 Å². The Labute approximate surface area is 183 Å². The molecule has 1 heterocycles. The maximum Gasteiger partial charge on any atom is 0.286 e. The number of rotatable bonds is 9. The number of carbonyl (C=O) groups excluding carboxylic acids is 2. The third-order valence-electron chi connectivity index (χ3n) is 4.16. The highest BCUT2D eigenvalue weighted by Crippen LogP contribution is 2.19. The van der Waals surface area contributed by atoms with E-state index in [1.54, 1.807) is 7.11 Å². The van der Waals surface area contributed by atoms with Crippen molar-refractivity contribution in [3.63, 3.8) is 0 Å². The largest absolute Gasteiger partial charge is 0.497 e. The first-order valence-corrected chi connectivity index (χ1v) is 11.2. The van der Waals surface area contributed by atoms with Crippen LogP contribution in [0.2, 0.25) is 0 Å². The molecule has 0 aliphatic carbocycles. The van der Waals surface area contributed by atoms with Crippen molar-refractivity contribution in [3.05, 3.63) is 69.7 Å². The molecule has 2 amide bonds. The van der Waals surface area contributed by atoms with Gasteiger partial charge in [-0.1, -0.05) is 41.7 Å². The number of methoxy groups -OCH3 is 1. The van der Waals surface area contributed by atoms with Gasteiger partial charge in [-0.25, -0.2) is 0 Å². The maximum atomic E-state index is 12.3. The average molecular weight is 443 g/mol. The van der Waals surface area contributed by atoms with Crippen LogP contribution in [0.5, 0.6) is 5.75 Å². The van der Waals surface area contributed by atoms with Crippen molar-refractivity contribution in [1.29, 1.82) is 0 Å². The van der Waals surface area contributed by atoms with Crippen LogP contribution in [0.1, 0.15) is 25.9 Å². The van der Waals surface area contributed by atoms with Crippen molar-refractivity contribution in [3.8, 4) is 5.75 Å². The topological polar surface area (TPSA) is 93.2 Å². The van der Waals surface area contributed by atoms with E-state index >= 15 is 0 Å². The van der Waals surface area contributed by atoms with Gasteiger partial charge in [0.25, 0.3) is 5.91 Å². The van der Waals surface area contributed by atoms with Gasteiger partial charge in [-0.2, -0.15) is 0 Å². The Morgan fingerprint density at radius 1 is 1.10 bits per heavy atom. The molecule has 0 saturated heterocycles. The Kier molecular flexibility index (Phi) is 7.81. The predicted molar refractivity (Wildman–Crippen MR) is 120 cm³/mol. The monoisotopic (exact) mass is 442 g/mol. The zero-order valence-electron chi connectivity index (χ0n) is 16.7. The van der Waals surface area contributed by atoms with Crippen molar-refractivity contribution < 1.29 is 14.3 Å². The van der Waals surface area contributed by atoms with E-state index in [9.17, 15) is 9.59 Å². The fourth-order valence-corrected chi connectivity index (χ4v) is 4.16. The molecule has 0 spiro atoms.